The van der Waals surface area contributed by atoms with E-state index in [4.69, 9.17) is 4.74 Å². The summed E-state index contributed by atoms with van der Waals surface area (Å²) in [6.07, 6.45) is 3.68. The summed E-state index contributed by atoms with van der Waals surface area (Å²) in [6.45, 7) is 4.32. The van der Waals surface area contributed by atoms with Crippen molar-refractivity contribution in [2.45, 2.75) is 19.8 Å². The number of rotatable bonds is 8. The van der Waals surface area contributed by atoms with Crippen molar-refractivity contribution in [2.75, 3.05) is 45.7 Å². The molecule has 0 aliphatic carbocycles. The zero-order valence-corrected chi connectivity index (χ0v) is 15.1. The van der Waals surface area contributed by atoms with Gasteiger partial charge in [-0.3, -0.25) is 4.98 Å². The molecule has 0 aliphatic heterocycles. The zero-order valence-electron chi connectivity index (χ0n) is 15.1. The Morgan fingerprint density at radius 3 is 2.71 bits per heavy atom. The van der Waals surface area contributed by atoms with Crippen molar-refractivity contribution < 1.29 is 9.53 Å². The summed E-state index contributed by atoms with van der Waals surface area (Å²) in [4.78, 5) is 21.1. The Morgan fingerprint density at radius 2 is 2.00 bits per heavy atom. The maximum atomic E-state index is 12.3. The van der Waals surface area contributed by atoms with Crippen LogP contribution in [0.4, 0.5) is 5.69 Å². The van der Waals surface area contributed by atoms with Crippen LogP contribution in [0.15, 0.2) is 30.5 Å². The lowest BCUT2D eigenvalue weighted by Gasteiger charge is -2.23. The van der Waals surface area contributed by atoms with Gasteiger partial charge in [0.25, 0.3) is 0 Å². The van der Waals surface area contributed by atoms with Gasteiger partial charge in [-0.1, -0.05) is 19.4 Å². The number of pyridine rings is 1. The fourth-order valence-electron chi connectivity index (χ4n) is 2.44. The number of benzene rings is 1. The number of carbonyl (C=O) groups excluding carboxylic acids is 1. The monoisotopic (exact) mass is 329 g/mol. The average Bonchev–Trinajstić information content (AvgIpc) is 2.58. The van der Waals surface area contributed by atoms with Gasteiger partial charge < -0.3 is 14.5 Å². The van der Waals surface area contributed by atoms with E-state index in [-0.39, 0.29) is 5.97 Å². The largest absolute Gasteiger partial charge is 0.462 e. The van der Waals surface area contributed by atoms with E-state index in [1.807, 2.05) is 45.4 Å². The number of carbonyl (C=O) groups is 1. The molecule has 0 aliphatic rings. The van der Waals surface area contributed by atoms with Crippen LogP contribution in [0.25, 0.3) is 10.9 Å². The van der Waals surface area contributed by atoms with Crippen LogP contribution < -0.4 is 4.90 Å². The highest BCUT2D eigenvalue weighted by atomic mass is 16.5. The van der Waals surface area contributed by atoms with Gasteiger partial charge in [0.05, 0.1) is 23.4 Å². The van der Waals surface area contributed by atoms with Crippen molar-refractivity contribution in [3.8, 4) is 0 Å². The van der Waals surface area contributed by atoms with Crippen LogP contribution in [-0.2, 0) is 4.74 Å². The maximum Gasteiger partial charge on any atom is 0.338 e. The van der Waals surface area contributed by atoms with Crippen LogP contribution in [0.1, 0.15) is 30.1 Å². The number of fused-ring (bicyclic) bond motifs is 1. The van der Waals surface area contributed by atoms with Gasteiger partial charge in [-0.25, -0.2) is 4.79 Å². The molecule has 0 saturated carbocycles. The molecule has 0 radical (unpaired) electrons. The molecule has 2 rings (SSSR count). The predicted molar refractivity (Wildman–Crippen MR) is 98.8 cm³/mol. The fourth-order valence-corrected chi connectivity index (χ4v) is 2.44. The second-order valence-electron chi connectivity index (χ2n) is 6.28. The highest BCUT2D eigenvalue weighted by molar-refractivity contribution is 6.00. The molecule has 1 aromatic carbocycles. The number of ether oxygens (including phenoxy) is 1. The van der Waals surface area contributed by atoms with Gasteiger partial charge in [-0.15, -0.1) is 0 Å². The van der Waals surface area contributed by atoms with Crippen molar-refractivity contribution in [2.24, 2.45) is 0 Å². The molecule has 5 nitrogen and oxygen atoms in total. The first-order valence-electron chi connectivity index (χ1n) is 8.44. The number of hydrogen-bond donors (Lipinski definition) is 0. The highest BCUT2D eigenvalue weighted by Crippen LogP contribution is 2.26. The summed E-state index contributed by atoms with van der Waals surface area (Å²) in [5, 5.41) is 0.953. The standard InChI is InChI=1S/C19H27N3O2/c1-5-6-12-24-19(23)16-13-15-8-7-9-20-18(15)17(14-16)22(4)11-10-21(2)3/h7-9,13-14H,5-6,10-12H2,1-4H3. The Balaban J connectivity index is 2.32. The van der Waals surface area contributed by atoms with Crippen LogP contribution in [-0.4, -0.2) is 56.7 Å². The van der Waals surface area contributed by atoms with E-state index in [9.17, 15) is 4.79 Å². The number of hydrogen-bond acceptors (Lipinski definition) is 5. The molecule has 0 bridgehead atoms. The SMILES string of the molecule is CCCCOC(=O)c1cc(N(C)CCN(C)C)c2ncccc2c1. The molecule has 0 fully saturated rings. The minimum atomic E-state index is -0.267. The minimum absolute atomic E-state index is 0.267. The van der Waals surface area contributed by atoms with Crippen molar-refractivity contribution in [1.82, 2.24) is 9.88 Å². The number of aromatic nitrogens is 1. The van der Waals surface area contributed by atoms with Gasteiger partial charge in [-0.05, 0) is 38.7 Å². The summed E-state index contributed by atoms with van der Waals surface area (Å²) in [5.41, 5.74) is 2.44. The molecule has 0 amide bonds. The lowest BCUT2D eigenvalue weighted by Crippen LogP contribution is -2.28. The third-order valence-electron chi connectivity index (χ3n) is 3.95. The fraction of sp³-hybridized carbons (Fsp3) is 0.474. The first-order chi connectivity index (χ1) is 11.5. The Labute approximate surface area is 144 Å². The number of anilines is 1. The first-order valence-corrected chi connectivity index (χ1v) is 8.44. The van der Waals surface area contributed by atoms with E-state index in [0.29, 0.717) is 12.2 Å². The third kappa shape index (κ3) is 4.68. The van der Waals surface area contributed by atoms with Gasteiger partial charge in [0.15, 0.2) is 0 Å². The number of likely N-dealkylation sites (N-methyl/N-ethyl adjacent to an activating group) is 2. The van der Waals surface area contributed by atoms with Gasteiger partial charge in [0.2, 0.25) is 0 Å². The Morgan fingerprint density at radius 1 is 1.21 bits per heavy atom. The Kier molecular flexibility index (Phi) is 6.55. The van der Waals surface area contributed by atoms with Gasteiger partial charge in [-0.2, -0.15) is 0 Å². The molecule has 24 heavy (non-hydrogen) atoms. The van der Waals surface area contributed by atoms with Crippen LogP contribution in [0.3, 0.4) is 0 Å². The quantitative estimate of drug-likeness (QED) is 0.550. The predicted octanol–water partition coefficient (Wildman–Crippen LogP) is 3.19. The van der Waals surface area contributed by atoms with Crippen molar-refractivity contribution >= 4 is 22.6 Å². The number of nitrogens with zero attached hydrogens (tertiary/aromatic N) is 3. The van der Waals surface area contributed by atoms with E-state index in [0.717, 1.165) is 42.5 Å². The Hall–Kier alpha value is -2.14. The van der Waals surface area contributed by atoms with E-state index in [2.05, 4.69) is 21.7 Å². The summed E-state index contributed by atoms with van der Waals surface area (Å²) in [6, 6.07) is 7.62. The minimum Gasteiger partial charge on any atom is -0.462 e. The van der Waals surface area contributed by atoms with E-state index >= 15 is 0 Å². The zero-order chi connectivity index (χ0) is 17.5. The summed E-state index contributed by atoms with van der Waals surface area (Å²) in [7, 11) is 6.12. The van der Waals surface area contributed by atoms with Crippen molar-refractivity contribution in [1.29, 1.82) is 0 Å². The first kappa shape index (κ1) is 18.2. The molecule has 130 valence electrons. The number of esters is 1. The Bertz CT molecular complexity index is 685. The van der Waals surface area contributed by atoms with Gasteiger partial charge >= 0.3 is 5.97 Å². The second kappa shape index (κ2) is 8.64. The van der Waals surface area contributed by atoms with Crippen LogP contribution in [0.2, 0.25) is 0 Å². The molecule has 0 spiro atoms. The van der Waals surface area contributed by atoms with Gasteiger partial charge in [0, 0.05) is 31.7 Å². The average molecular weight is 329 g/mol. The van der Waals surface area contributed by atoms with Crippen LogP contribution in [0.5, 0.6) is 0 Å². The van der Waals surface area contributed by atoms with Crippen LogP contribution >= 0.6 is 0 Å². The molecular formula is C19H27N3O2. The highest BCUT2D eigenvalue weighted by Gasteiger charge is 2.14. The molecule has 0 unspecified atom stereocenters. The van der Waals surface area contributed by atoms with E-state index in [1.165, 1.54) is 0 Å². The molecule has 5 heteroatoms. The van der Waals surface area contributed by atoms with Crippen molar-refractivity contribution in [3.05, 3.63) is 36.0 Å². The molecule has 0 N–H and O–H groups in total. The number of unbranched alkanes of at least 4 members (excludes halogenated alkanes) is 1. The molecular weight excluding hydrogens is 302 g/mol. The topological polar surface area (TPSA) is 45.7 Å². The molecule has 1 aromatic heterocycles. The van der Waals surface area contributed by atoms with Gasteiger partial charge in [0.1, 0.15) is 0 Å². The maximum absolute atomic E-state index is 12.3. The molecule has 0 saturated heterocycles. The molecule has 2 aromatic rings. The van der Waals surface area contributed by atoms with Crippen LogP contribution in [0, 0.1) is 0 Å². The summed E-state index contributed by atoms with van der Waals surface area (Å²) in [5.74, 6) is -0.267. The van der Waals surface area contributed by atoms with E-state index < -0.39 is 0 Å². The lowest BCUT2D eigenvalue weighted by molar-refractivity contribution is 0.0500. The van der Waals surface area contributed by atoms with E-state index in [1.54, 1.807) is 6.20 Å². The lowest BCUT2D eigenvalue weighted by atomic mass is 10.1. The molecule has 1 heterocycles. The summed E-state index contributed by atoms with van der Waals surface area (Å²) >= 11 is 0. The third-order valence-corrected chi connectivity index (χ3v) is 3.95. The normalized spacial score (nSPS) is 11.0. The smallest absolute Gasteiger partial charge is 0.338 e. The van der Waals surface area contributed by atoms with Crippen molar-refractivity contribution in [3.63, 3.8) is 0 Å². The second-order valence-corrected chi connectivity index (χ2v) is 6.28. The summed E-state index contributed by atoms with van der Waals surface area (Å²) < 4.78 is 5.36. The molecule has 0 atom stereocenters.